The first-order valence-electron chi connectivity index (χ1n) is 7.30. The highest BCUT2D eigenvalue weighted by atomic mass is 14.9. The average molecular weight is 277 g/mol. The number of nitrogens with zero attached hydrogens (tertiary/aromatic N) is 2. The Labute approximate surface area is 125 Å². The number of fused-ring (bicyclic) bond motifs is 1. The van der Waals surface area contributed by atoms with Gasteiger partial charge in [0.05, 0.1) is 5.52 Å². The van der Waals surface area contributed by atoms with Gasteiger partial charge in [0.15, 0.2) is 0 Å². The standard InChI is InChI=1S/C18H19N3/c1-14(15-7-11-19-12-8-15)20-13-9-17-5-2-4-16-6-3-10-21-18(16)17/h2-8,10-12,14,20H,9,13H2,1H3. The summed E-state index contributed by atoms with van der Waals surface area (Å²) >= 11 is 0. The molecule has 1 aromatic carbocycles. The molecule has 0 amide bonds. The van der Waals surface area contributed by atoms with E-state index in [1.54, 1.807) is 0 Å². The molecule has 0 aliphatic heterocycles. The predicted molar refractivity (Wildman–Crippen MR) is 86.1 cm³/mol. The van der Waals surface area contributed by atoms with E-state index in [0.29, 0.717) is 6.04 Å². The molecule has 106 valence electrons. The summed E-state index contributed by atoms with van der Waals surface area (Å²) in [5.74, 6) is 0. The number of hydrogen-bond donors (Lipinski definition) is 1. The molecule has 0 saturated heterocycles. The second kappa shape index (κ2) is 6.46. The molecule has 0 spiro atoms. The molecule has 0 fully saturated rings. The number of aromatic nitrogens is 2. The lowest BCUT2D eigenvalue weighted by molar-refractivity contribution is 0.577. The first-order chi connectivity index (χ1) is 10.3. The molecule has 3 aromatic rings. The molecule has 2 heterocycles. The third-order valence-corrected chi connectivity index (χ3v) is 3.77. The fourth-order valence-electron chi connectivity index (χ4n) is 2.56. The number of benzene rings is 1. The van der Waals surface area contributed by atoms with Crippen LogP contribution in [0.4, 0.5) is 0 Å². The van der Waals surface area contributed by atoms with Crippen molar-refractivity contribution >= 4 is 10.9 Å². The zero-order valence-electron chi connectivity index (χ0n) is 12.2. The first-order valence-corrected chi connectivity index (χ1v) is 7.30. The van der Waals surface area contributed by atoms with E-state index in [2.05, 4.69) is 58.6 Å². The number of pyridine rings is 2. The lowest BCUT2D eigenvalue weighted by atomic mass is 10.1. The van der Waals surface area contributed by atoms with Crippen LogP contribution in [0.2, 0.25) is 0 Å². The maximum Gasteiger partial charge on any atom is 0.0734 e. The molecular weight excluding hydrogens is 258 g/mol. The summed E-state index contributed by atoms with van der Waals surface area (Å²) in [4.78, 5) is 8.55. The van der Waals surface area contributed by atoms with Crippen LogP contribution in [0.25, 0.3) is 10.9 Å². The molecule has 0 bridgehead atoms. The summed E-state index contributed by atoms with van der Waals surface area (Å²) in [6, 6.07) is 14.9. The Bertz CT molecular complexity index is 704. The fourth-order valence-corrected chi connectivity index (χ4v) is 2.56. The van der Waals surface area contributed by atoms with Gasteiger partial charge in [-0.3, -0.25) is 9.97 Å². The third-order valence-electron chi connectivity index (χ3n) is 3.77. The van der Waals surface area contributed by atoms with Crippen LogP contribution in [-0.4, -0.2) is 16.5 Å². The Kier molecular flexibility index (Phi) is 4.22. The molecule has 3 nitrogen and oxygen atoms in total. The van der Waals surface area contributed by atoms with Crippen LogP contribution < -0.4 is 5.32 Å². The van der Waals surface area contributed by atoms with Gasteiger partial charge in [-0.2, -0.15) is 0 Å². The number of nitrogens with one attached hydrogen (secondary N) is 1. The van der Waals surface area contributed by atoms with Gasteiger partial charge in [0.25, 0.3) is 0 Å². The lowest BCUT2D eigenvalue weighted by Crippen LogP contribution is -2.21. The minimum absolute atomic E-state index is 0.330. The third kappa shape index (κ3) is 3.26. The highest BCUT2D eigenvalue weighted by Crippen LogP contribution is 2.16. The quantitative estimate of drug-likeness (QED) is 0.775. The van der Waals surface area contributed by atoms with Gasteiger partial charge in [-0.05, 0) is 49.2 Å². The van der Waals surface area contributed by atoms with Crippen molar-refractivity contribution in [2.45, 2.75) is 19.4 Å². The van der Waals surface area contributed by atoms with Crippen LogP contribution in [0.3, 0.4) is 0 Å². The van der Waals surface area contributed by atoms with Crippen molar-refractivity contribution in [3.05, 3.63) is 72.2 Å². The molecule has 3 rings (SSSR count). The SMILES string of the molecule is CC(NCCc1cccc2cccnc12)c1ccncc1. The first kappa shape index (κ1) is 13.7. The summed E-state index contributed by atoms with van der Waals surface area (Å²) in [6.45, 7) is 3.11. The zero-order valence-corrected chi connectivity index (χ0v) is 12.2. The molecule has 1 atom stereocenters. The molecule has 0 aliphatic carbocycles. The van der Waals surface area contributed by atoms with E-state index in [1.807, 2.05) is 24.7 Å². The number of rotatable bonds is 5. The molecule has 3 heteroatoms. The molecule has 21 heavy (non-hydrogen) atoms. The van der Waals surface area contributed by atoms with Crippen LogP contribution >= 0.6 is 0 Å². The summed E-state index contributed by atoms with van der Waals surface area (Å²) in [7, 11) is 0. The van der Waals surface area contributed by atoms with Gasteiger partial charge in [0.2, 0.25) is 0 Å². The summed E-state index contributed by atoms with van der Waals surface area (Å²) < 4.78 is 0. The van der Waals surface area contributed by atoms with E-state index in [0.717, 1.165) is 18.5 Å². The minimum Gasteiger partial charge on any atom is -0.310 e. The van der Waals surface area contributed by atoms with Crippen molar-refractivity contribution in [2.24, 2.45) is 0 Å². The van der Waals surface area contributed by atoms with Gasteiger partial charge in [-0.1, -0.05) is 24.3 Å². The van der Waals surface area contributed by atoms with Crippen LogP contribution in [-0.2, 0) is 6.42 Å². The smallest absolute Gasteiger partial charge is 0.0734 e. The molecule has 0 saturated carbocycles. The van der Waals surface area contributed by atoms with Gasteiger partial charge >= 0.3 is 0 Å². The zero-order chi connectivity index (χ0) is 14.5. The van der Waals surface area contributed by atoms with E-state index < -0.39 is 0 Å². The maximum absolute atomic E-state index is 4.50. The molecular formula is C18H19N3. The van der Waals surface area contributed by atoms with Gasteiger partial charge in [0, 0.05) is 30.0 Å². The predicted octanol–water partition coefficient (Wildman–Crippen LogP) is 3.52. The lowest BCUT2D eigenvalue weighted by Gasteiger charge is -2.14. The number of hydrogen-bond acceptors (Lipinski definition) is 3. The molecule has 1 N–H and O–H groups in total. The average Bonchev–Trinajstić information content (AvgIpc) is 2.56. The van der Waals surface area contributed by atoms with E-state index in [-0.39, 0.29) is 0 Å². The Morgan fingerprint density at radius 2 is 1.81 bits per heavy atom. The topological polar surface area (TPSA) is 37.8 Å². The summed E-state index contributed by atoms with van der Waals surface area (Å²) in [5.41, 5.74) is 3.67. The van der Waals surface area contributed by atoms with Crippen molar-refractivity contribution in [2.75, 3.05) is 6.54 Å². The van der Waals surface area contributed by atoms with Crippen molar-refractivity contribution in [3.8, 4) is 0 Å². The second-order valence-electron chi connectivity index (χ2n) is 5.20. The van der Waals surface area contributed by atoms with Crippen LogP contribution in [0, 0.1) is 0 Å². The molecule has 0 radical (unpaired) electrons. The van der Waals surface area contributed by atoms with Crippen LogP contribution in [0.15, 0.2) is 61.1 Å². The van der Waals surface area contributed by atoms with Gasteiger partial charge in [-0.25, -0.2) is 0 Å². The summed E-state index contributed by atoms with van der Waals surface area (Å²) in [6.07, 6.45) is 6.51. The van der Waals surface area contributed by atoms with Crippen molar-refractivity contribution in [3.63, 3.8) is 0 Å². The number of para-hydroxylation sites is 1. The molecule has 0 aliphatic rings. The van der Waals surface area contributed by atoms with Gasteiger partial charge in [-0.15, -0.1) is 0 Å². The van der Waals surface area contributed by atoms with E-state index in [1.165, 1.54) is 16.5 Å². The van der Waals surface area contributed by atoms with Gasteiger partial charge < -0.3 is 5.32 Å². The van der Waals surface area contributed by atoms with Crippen molar-refractivity contribution in [1.82, 2.24) is 15.3 Å². The van der Waals surface area contributed by atoms with E-state index in [4.69, 9.17) is 0 Å². The fraction of sp³-hybridized carbons (Fsp3) is 0.222. The highest BCUT2D eigenvalue weighted by molar-refractivity contribution is 5.81. The monoisotopic (exact) mass is 277 g/mol. The largest absolute Gasteiger partial charge is 0.310 e. The molecule has 2 aromatic heterocycles. The minimum atomic E-state index is 0.330. The highest BCUT2D eigenvalue weighted by Gasteiger charge is 2.05. The second-order valence-corrected chi connectivity index (χ2v) is 5.20. The summed E-state index contributed by atoms with van der Waals surface area (Å²) in [5, 5.41) is 4.76. The van der Waals surface area contributed by atoms with Gasteiger partial charge in [0.1, 0.15) is 0 Å². The Morgan fingerprint density at radius 3 is 2.67 bits per heavy atom. The van der Waals surface area contributed by atoms with Crippen molar-refractivity contribution < 1.29 is 0 Å². The van der Waals surface area contributed by atoms with Crippen molar-refractivity contribution in [1.29, 1.82) is 0 Å². The Balaban J connectivity index is 1.65. The normalized spacial score (nSPS) is 12.4. The maximum atomic E-state index is 4.50. The van der Waals surface area contributed by atoms with Crippen LogP contribution in [0.1, 0.15) is 24.1 Å². The van der Waals surface area contributed by atoms with E-state index >= 15 is 0 Å². The van der Waals surface area contributed by atoms with E-state index in [9.17, 15) is 0 Å². The Morgan fingerprint density at radius 1 is 1.00 bits per heavy atom. The Hall–Kier alpha value is -2.26. The molecule has 1 unspecified atom stereocenters. The van der Waals surface area contributed by atoms with Crippen LogP contribution in [0.5, 0.6) is 0 Å².